The van der Waals surface area contributed by atoms with Gasteiger partial charge in [0, 0.05) is 5.56 Å². The highest BCUT2D eigenvalue weighted by atomic mass is 127. The molecular weight excluding hydrogens is 359 g/mol. The third-order valence-electron chi connectivity index (χ3n) is 2.68. The topological polar surface area (TPSA) is 86.2 Å². The number of hydrogen-bond acceptors (Lipinski definition) is 4. The van der Waals surface area contributed by atoms with Crippen LogP contribution in [0.4, 0.5) is 0 Å². The number of nitrogens with one attached hydrogen (secondary N) is 1. The molecule has 1 heterocycles. The molecule has 1 aromatic heterocycles. The van der Waals surface area contributed by atoms with E-state index in [9.17, 15) is 15.0 Å². The lowest BCUT2D eigenvalue weighted by molar-refractivity contribution is 0.404. The van der Waals surface area contributed by atoms with Crippen LogP contribution in [0.15, 0.2) is 23.0 Å². The van der Waals surface area contributed by atoms with Crippen molar-refractivity contribution in [2.75, 3.05) is 0 Å². The van der Waals surface area contributed by atoms with Crippen LogP contribution >= 0.6 is 22.6 Å². The first-order valence-corrected chi connectivity index (χ1v) is 6.80. The van der Waals surface area contributed by atoms with Crippen molar-refractivity contribution in [1.82, 2.24) is 9.97 Å². The maximum absolute atomic E-state index is 11.9. The van der Waals surface area contributed by atoms with E-state index in [0.29, 0.717) is 20.7 Å². The van der Waals surface area contributed by atoms with Gasteiger partial charge in [-0.2, -0.15) is 0 Å². The molecule has 0 saturated heterocycles. The molecule has 5 nitrogen and oxygen atoms in total. The molecule has 6 heteroatoms. The fourth-order valence-electron chi connectivity index (χ4n) is 1.67. The number of hydrogen-bond donors (Lipinski definition) is 3. The van der Waals surface area contributed by atoms with E-state index in [4.69, 9.17) is 0 Å². The Labute approximate surface area is 123 Å². The van der Waals surface area contributed by atoms with Gasteiger partial charge in [-0.15, -0.1) is 0 Å². The van der Waals surface area contributed by atoms with Crippen molar-refractivity contribution in [3.8, 4) is 22.9 Å². The Morgan fingerprint density at radius 2 is 1.95 bits per heavy atom. The summed E-state index contributed by atoms with van der Waals surface area (Å²) in [5.41, 5.74) is 1.06. The SMILES string of the molecule is CC(C)c1nc(-c2ccc(O)c(O)c2)[nH]c(=O)c1I. The highest BCUT2D eigenvalue weighted by Gasteiger charge is 2.13. The molecule has 0 unspecified atom stereocenters. The van der Waals surface area contributed by atoms with E-state index in [-0.39, 0.29) is 23.0 Å². The van der Waals surface area contributed by atoms with Crippen LogP contribution < -0.4 is 5.56 Å². The van der Waals surface area contributed by atoms with Crippen molar-refractivity contribution in [3.05, 3.63) is 37.8 Å². The van der Waals surface area contributed by atoms with Gasteiger partial charge in [0.05, 0.1) is 9.26 Å². The van der Waals surface area contributed by atoms with Crippen molar-refractivity contribution in [1.29, 1.82) is 0 Å². The summed E-state index contributed by atoms with van der Waals surface area (Å²) in [7, 11) is 0. The molecule has 0 aliphatic carbocycles. The second-order valence-corrected chi connectivity index (χ2v) is 5.55. The average molecular weight is 372 g/mol. The Balaban J connectivity index is 2.63. The Bertz CT molecular complexity index is 680. The number of H-pyrrole nitrogens is 1. The second kappa shape index (κ2) is 5.20. The molecule has 2 rings (SSSR count). The number of halogens is 1. The maximum Gasteiger partial charge on any atom is 0.264 e. The molecule has 0 atom stereocenters. The molecule has 1 aromatic carbocycles. The first kappa shape index (κ1) is 13.9. The lowest BCUT2D eigenvalue weighted by atomic mass is 10.1. The molecule has 0 radical (unpaired) electrons. The van der Waals surface area contributed by atoms with Gasteiger partial charge in [-0.1, -0.05) is 13.8 Å². The minimum atomic E-state index is -0.246. The highest BCUT2D eigenvalue weighted by Crippen LogP contribution is 2.29. The third-order valence-corrected chi connectivity index (χ3v) is 3.73. The molecular formula is C13H13IN2O3. The number of aromatic nitrogens is 2. The van der Waals surface area contributed by atoms with Crippen LogP contribution in [0, 0.1) is 3.57 Å². The molecule has 0 saturated carbocycles. The third kappa shape index (κ3) is 2.73. The van der Waals surface area contributed by atoms with E-state index < -0.39 is 0 Å². The molecule has 0 aliphatic heterocycles. The largest absolute Gasteiger partial charge is 0.504 e. The maximum atomic E-state index is 11.9. The summed E-state index contributed by atoms with van der Waals surface area (Å²) in [5, 5.41) is 18.8. The fraction of sp³-hybridized carbons (Fsp3) is 0.231. The lowest BCUT2D eigenvalue weighted by Crippen LogP contribution is -2.17. The van der Waals surface area contributed by atoms with Crippen LogP contribution in [0.5, 0.6) is 11.5 Å². The summed E-state index contributed by atoms with van der Waals surface area (Å²) < 4.78 is 0.569. The predicted molar refractivity (Wildman–Crippen MR) is 80.4 cm³/mol. The molecule has 0 fully saturated rings. The van der Waals surface area contributed by atoms with Crippen molar-refractivity contribution in [2.45, 2.75) is 19.8 Å². The number of benzene rings is 1. The minimum Gasteiger partial charge on any atom is -0.504 e. The zero-order chi connectivity index (χ0) is 14.2. The molecule has 0 bridgehead atoms. The van der Waals surface area contributed by atoms with Crippen molar-refractivity contribution < 1.29 is 10.2 Å². The summed E-state index contributed by atoms with van der Waals surface area (Å²) >= 11 is 1.97. The highest BCUT2D eigenvalue weighted by molar-refractivity contribution is 14.1. The van der Waals surface area contributed by atoms with E-state index in [1.807, 2.05) is 36.4 Å². The molecule has 3 N–H and O–H groups in total. The molecule has 0 aliphatic rings. The van der Waals surface area contributed by atoms with Gasteiger partial charge < -0.3 is 15.2 Å². The number of phenolic OH excluding ortho intramolecular Hbond substituents is 2. The predicted octanol–water partition coefficient (Wildman–Crippen LogP) is 2.58. The number of aromatic amines is 1. The first-order valence-electron chi connectivity index (χ1n) is 5.72. The molecule has 19 heavy (non-hydrogen) atoms. The number of aromatic hydroxyl groups is 2. The molecule has 100 valence electrons. The van der Waals surface area contributed by atoms with E-state index in [2.05, 4.69) is 9.97 Å². The Morgan fingerprint density at radius 1 is 1.26 bits per heavy atom. The van der Waals surface area contributed by atoms with Crippen LogP contribution in [0.2, 0.25) is 0 Å². The molecule has 0 amide bonds. The summed E-state index contributed by atoms with van der Waals surface area (Å²) in [4.78, 5) is 19.0. The van der Waals surface area contributed by atoms with Crippen molar-refractivity contribution >= 4 is 22.6 Å². The Kier molecular flexibility index (Phi) is 3.79. The number of phenols is 2. The number of nitrogens with zero attached hydrogens (tertiary/aromatic N) is 1. The lowest BCUT2D eigenvalue weighted by Gasteiger charge is -2.10. The van der Waals surface area contributed by atoms with E-state index in [1.165, 1.54) is 12.1 Å². The summed E-state index contributed by atoms with van der Waals surface area (Å²) in [6, 6.07) is 4.31. The van der Waals surface area contributed by atoms with Gasteiger partial charge in [0.25, 0.3) is 5.56 Å². The first-order chi connectivity index (χ1) is 8.90. The summed E-state index contributed by atoms with van der Waals surface area (Å²) in [6.45, 7) is 3.92. The van der Waals surface area contributed by atoms with Crippen LogP contribution in [-0.2, 0) is 0 Å². The van der Waals surface area contributed by atoms with Gasteiger partial charge in [-0.05, 0) is 46.7 Å². The van der Waals surface area contributed by atoms with Crippen LogP contribution in [0.3, 0.4) is 0 Å². The summed E-state index contributed by atoms with van der Waals surface area (Å²) in [5.74, 6) is 0.0496. The molecule has 2 aromatic rings. The van der Waals surface area contributed by atoms with Gasteiger partial charge in [0.2, 0.25) is 0 Å². The van der Waals surface area contributed by atoms with Crippen LogP contribution in [-0.4, -0.2) is 20.2 Å². The zero-order valence-electron chi connectivity index (χ0n) is 10.4. The fourth-order valence-corrected chi connectivity index (χ4v) is 2.54. The minimum absolute atomic E-state index is 0.124. The average Bonchev–Trinajstić information content (AvgIpc) is 2.35. The Morgan fingerprint density at radius 3 is 2.53 bits per heavy atom. The zero-order valence-corrected chi connectivity index (χ0v) is 12.6. The van der Waals surface area contributed by atoms with Crippen molar-refractivity contribution in [2.24, 2.45) is 0 Å². The van der Waals surface area contributed by atoms with E-state index >= 15 is 0 Å². The quantitative estimate of drug-likeness (QED) is 0.559. The van der Waals surface area contributed by atoms with Gasteiger partial charge in [-0.3, -0.25) is 4.79 Å². The van der Waals surface area contributed by atoms with Gasteiger partial charge >= 0.3 is 0 Å². The standard InChI is InChI=1S/C13H13IN2O3/c1-6(2)11-10(14)13(19)16-12(15-11)7-3-4-8(17)9(18)5-7/h3-6,17-18H,1-2H3,(H,15,16,19). The smallest absolute Gasteiger partial charge is 0.264 e. The second-order valence-electron chi connectivity index (χ2n) is 4.47. The van der Waals surface area contributed by atoms with Crippen LogP contribution in [0.1, 0.15) is 25.5 Å². The van der Waals surface area contributed by atoms with Gasteiger partial charge in [0.15, 0.2) is 11.5 Å². The Hall–Kier alpha value is -1.57. The molecule has 0 spiro atoms. The van der Waals surface area contributed by atoms with E-state index in [0.717, 1.165) is 0 Å². The van der Waals surface area contributed by atoms with Gasteiger partial charge in [-0.25, -0.2) is 4.98 Å². The van der Waals surface area contributed by atoms with Crippen molar-refractivity contribution in [3.63, 3.8) is 0 Å². The van der Waals surface area contributed by atoms with Crippen LogP contribution in [0.25, 0.3) is 11.4 Å². The number of rotatable bonds is 2. The van der Waals surface area contributed by atoms with E-state index in [1.54, 1.807) is 6.07 Å². The van der Waals surface area contributed by atoms with Gasteiger partial charge in [0.1, 0.15) is 5.82 Å². The normalized spacial score (nSPS) is 10.9. The monoisotopic (exact) mass is 372 g/mol. The summed E-state index contributed by atoms with van der Waals surface area (Å²) in [6.07, 6.45) is 0.